The van der Waals surface area contributed by atoms with Gasteiger partial charge in [0.15, 0.2) is 6.29 Å². The van der Waals surface area contributed by atoms with Gasteiger partial charge in [0.1, 0.15) is 5.82 Å². The van der Waals surface area contributed by atoms with Crippen molar-refractivity contribution in [2.24, 2.45) is 0 Å². The van der Waals surface area contributed by atoms with E-state index in [1.165, 1.54) is 6.07 Å². The topological polar surface area (TPSA) is 78.2 Å². The van der Waals surface area contributed by atoms with E-state index in [4.69, 9.17) is 10.4 Å². The van der Waals surface area contributed by atoms with Gasteiger partial charge in [-0.15, -0.1) is 0 Å². The largest absolute Gasteiger partial charge is 0.478 e. The number of benzene rings is 1. The van der Waals surface area contributed by atoms with E-state index >= 15 is 0 Å². The third kappa shape index (κ3) is 2.51. The fourth-order valence-corrected chi connectivity index (χ4v) is 1.13. The van der Waals surface area contributed by atoms with Crippen molar-refractivity contribution in [2.45, 2.75) is 0 Å². The lowest BCUT2D eigenvalue weighted by Gasteiger charge is -2.01. The number of hydrogen-bond donors (Lipinski definition) is 1. The van der Waals surface area contributed by atoms with Gasteiger partial charge >= 0.3 is 5.97 Å². The number of carbonyl (C=O) groups is 2. The Hall–Kier alpha value is -2.48. The molecule has 1 aromatic rings. The van der Waals surface area contributed by atoms with Crippen LogP contribution in [0, 0.1) is 17.1 Å². The highest BCUT2D eigenvalue weighted by molar-refractivity contribution is 5.89. The highest BCUT2D eigenvalue weighted by atomic mass is 19.1. The zero-order valence-electron chi connectivity index (χ0n) is 7.98. The van der Waals surface area contributed by atoms with Gasteiger partial charge in [0, 0.05) is 6.08 Å². The van der Waals surface area contributed by atoms with Crippen LogP contribution in [0.1, 0.15) is 21.5 Å². The van der Waals surface area contributed by atoms with Gasteiger partial charge in [0.2, 0.25) is 0 Å². The number of hydrogen-bond acceptors (Lipinski definition) is 3. The number of carbonyl (C=O) groups excluding carboxylic acids is 1. The number of carboxylic acid groups (broad SMARTS) is 1. The number of aliphatic carboxylic acids is 1. The molecular formula is C11H6FNO3. The summed E-state index contributed by atoms with van der Waals surface area (Å²) in [6.45, 7) is 0. The maximum atomic E-state index is 13.3. The molecule has 0 heterocycles. The maximum Gasteiger partial charge on any atom is 0.328 e. The number of carboxylic acids is 1. The number of nitriles is 1. The van der Waals surface area contributed by atoms with Crippen molar-refractivity contribution >= 4 is 18.3 Å². The van der Waals surface area contributed by atoms with Gasteiger partial charge in [-0.3, -0.25) is 4.79 Å². The Balaban J connectivity index is 3.35. The summed E-state index contributed by atoms with van der Waals surface area (Å²) in [5.41, 5.74) is -0.182. The lowest BCUT2D eigenvalue weighted by molar-refractivity contribution is -0.131. The Labute approximate surface area is 90.2 Å². The average Bonchev–Trinajstić information content (AvgIpc) is 2.25. The summed E-state index contributed by atoms with van der Waals surface area (Å²) in [4.78, 5) is 20.9. The van der Waals surface area contributed by atoms with Gasteiger partial charge in [-0.2, -0.15) is 5.26 Å². The fraction of sp³-hybridized carbons (Fsp3) is 0. The third-order valence-electron chi connectivity index (χ3n) is 1.81. The van der Waals surface area contributed by atoms with Crippen LogP contribution in [0.3, 0.4) is 0 Å². The monoisotopic (exact) mass is 219 g/mol. The minimum absolute atomic E-state index is 0.0214. The normalized spacial score (nSPS) is 10.0. The zero-order valence-corrected chi connectivity index (χ0v) is 7.98. The first-order valence-corrected chi connectivity index (χ1v) is 4.18. The summed E-state index contributed by atoms with van der Waals surface area (Å²) in [5.74, 6) is -2.07. The van der Waals surface area contributed by atoms with E-state index in [1.807, 2.05) is 0 Å². The second-order valence-corrected chi connectivity index (χ2v) is 2.86. The van der Waals surface area contributed by atoms with Gasteiger partial charge < -0.3 is 5.11 Å². The lowest BCUT2D eigenvalue weighted by Crippen LogP contribution is -1.95. The van der Waals surface area contributed by atoms with Gasteiger partial charge in [-0.1, -0.05) is 0 Å². The van der Waals surface area contributed by atoms with Crippen molar-refractivity contribution in [2.75, 3.05) is 0 Å². The van der Waals surface area contributed by atoms with Crippen molar-refractivity contribution in [1.29, 1.82) is 5.26 Å². The van der Waals surface area contributed by atoms with Crippen LogP contribution in [0.25, 0.3) is 6.08 Å². The number of nitrogens with zero attached hydrogens (tertiary/aromatic N) is 1. The van der Waals surface area contributed by atoms with E-state index in [0.29, 0.717) is 0 Å². The minimum Gasteiger partial charge on any atom is -0.478 e. The second kappa shape index (κ2) is 4.84. The van der Waals surface area contributed by atoms with Crippen molar-refractivity contribution in [3.63, 3.8) is 0 Å². The molecule has 0 aliphatic rings. The van der Waals surface area contributed by atoms with Crippen LogP contribution in [-0.4, -0.2) is 17.4 Å². The third-order valence-corrected chi connectivity index (χ3v) is 1.81. The summed E-state index contributed by atoms with van der Waals surface area (Å²) >= 11 is 0. The van der Waals surface area contributed by atoms with Crippen molar-refractivity contribution in [3.8, 4) is 6.07 Å². The molecule has 80 valence electrons. The molecule has 0 saturated heterocycles. The molecule has 0 fully saturated rings. The van der Waals surface area contributed by atoms with Crippen molar-refractivity contribution in [3.05, 3.63) is 40.7 Å². The molecule has 0 saturated carbocycles. The number of aldehydes is 1. The van der Waals surface area contributed by atoms with Gasteiger partial charge in [0.05, 0.1) is 17.2 Å². The summed E-state index contributed by atoms with van der Waals surface area (Å²) in [6.07, 6.45) is 2.11. The molecule has 0 aliphatic heterocycles. The summed E-state index contributed by atoms with van der Waals surface area (Å²) in [7, 11) is 0. The van der Waals surface area contributed by atoms with Crippen molar-refractivity contribution in [1.82, 2.24) is 0 Å². The average molecular weight is 219 g/mol. The number of rotatable bonds is 3. The van der Waals surface area contributed by atoms with E-state index < -0.39 is 11.8 Å². The standard InChI is InChI=1S/C11H6FNO3/c12-10-4-7(5-13)3-8(9(10)6-14)1-2-11(15)16/h1-4,6H,(H,15,16)/b2-1+. The van der Waals surface area contributed by atoms with Gasteiger partial charge in [-0.05, 0) is 23.8 Å². The highest BCUT2D eigenvalue weighted by Crippen LogP contribution is 2.16. The molecule has 1 aromatic carbocycles. The molecule has 0 aromatic heterocycles. The molecule has 0 amide bonds. The van der Waals surface area contributed by atoms with E-state index in [2.05, 4.69) is 0 Å². The van der Waals surface area contributed by atoms with Crippen molar-refractivity contribution < 1.29 is 19.1 Å². The van der Waals surface area contributed by atoms with Gasteiger partial charge in [0.25, 0.3) is 0 Å². The molecule has 0 unspecified atom stereocenters. The first kappa shape index (κ1) is 11.6. The SMILES string of the molecule is N#Cc1cc(F)c(C=O)c(/C=C/C(=O)O)c1. The van der Waals surface area contributed by atoms with Crippen LogP contribution >= 0.6 is 0 Å². The molecule has 0 aliphatic carbocycles. The predicted octanol–water partition coefficient (Wildman–Crippen LogP) is 1.61. The summed E-state index contributed by atoms with van der Waals surface area (Å²) in [5, 5.41) is 17.0. The quantitative estimate of drug-likeness (QED) is 0.618. The smallest absolute Gasteiger partial charge is 0.328 e. The molecular weight excluding hydrogens is 213 g/mol. The highest BCUT2D eigenvalue weighted by Gasteiger charge is 2.08. The Morgan fingerprint density at radius 1 is 1.50 bits per heavy atom. The van der Waals surface area contributed by atoms with Crippen LogP contribution in [0.5, 0.6) is 0 Å². The fourth-order valence-electron chi connectivity index (χ4n) is 1.13. The van der Waals surface area contributed by atoms with E-state index in [1.54, 1.807) is 6.07 Å². The van der Waals surface area contributed by atoms with E-state index in [9.17, 15) is 14.0 Å². The van der Waals surface area contributed by atoms with Crippen LogP contribution < -0.4 is 0 Å². The van der Waals surface area contributed by atoms with Crippen LogP contribution in [-0.2, 0) is 4.79 Å². The predicted molar refractivity (Wildman–Crippen MR) is 53.2 cm³/mol. The Bertz CT molecular complexity index is 515. The number of halogens is 1. The Morgan fingerprint density at radius 2 is 2.19 bits per heavy atom. The first-order valence-electron chi connectivity index (χ1n) is 4.18. The minimum atomic E-state index is -1.22. The molecule has 0 radical (unpaired) electrons. The van der Waals surface area contributed by atoms with E-state index in [0.717, 1.165) is 18.2 Å². The maximum absolute atomic E-state index is 13.3. The molecule has 1 rings (SSSR count). The summed E-state index contributed by atoms with van der Waals surface area (Å²) < 4.78 is 13.3. The molecule has 0 bridgehead atoms. The molecule has 0 atom stereocenters. The Kier molecular flexibility index (Phi) is 3.51. The molecule has 1 N–H and O–H groups in total. The molecule has 4 nitrogen and oxygen atoms in total. The summed E-state index contributed by atoms with van der Waals surface area (Å²) in [6, 6.07) is 3.87. The molecule has 16 heavy (non-hydrogen) atoms. The Morgan fingerprint density at radius 3 is 2.69 bits per heavy atom. The lowest BCUT2D eigenvalue weighted by atomic mass is 10.0. The van der Waals surface area contributed by atoms with E-state index in [-0.39, 0.29) is 23.0 Å². The van der Waals surface area contributed by atoms with Gasteiger partial charge in [-0.25, -0.2) is 9.18 Å². The zero-order chi connectivity index (χ0) is 12.1. The van der Waals surface area contributed by atoms with Crippen LogP contribution in [0.4, 0.5) is 4.39 Å². The first-order chi connectivity index (χ1) is 7.58. The molecule has 5 heteroatoms. The molecule has 0 spiro atoms. The van der Waals surface area contributed by atoms with Crippen LogP contribution in [0.15, 0.2) is 18.2 Å². The second-order valence-electron chi connectivity index (χ2n) is 2.86. The van der Waals surface area contributed by atoms with Crippen LogP contribution in [0.2, 0.25) is 0 Å².